The molecule has 0 aliphatic carbocycles. The summed E-state index contributed by atoms with van der Waals surface area (Å²) in [7, 11) is 0. The molecule has 0 atom stereocenters. The third kappa shape index (κ3) is 4.14. The molecule has 0 aliphatic heterocycles. The lowest BCUT2D eigenvalue weighted by molar-refractivity contribution is -0.137. The average Bonchev–Trinajstić information content (AvgIpc) is 2.38. The van der Waals surface area contributed by atoms with Crippen molar-refractivity contribution in [2.45, 2.75) is 12.6 Å². The predicted octanol–water partition coefficient (Wildman–Crippen LogP) is 3.19. The maximum absolute atomic E-state index is 12.6. The van der Waals surface area contributed by atoms with Crippen molar-refractivity contribution in [3.05, 3.63) is 29.8 Å². The number of carbonyl (C=O) groups excluding carboxylic acids is 1. The van der Waals surface area contributed by atoms with Gasteiger partial charge in [0.25, 0.3) is 0 Å². The third-order valence-electron chi connectivity index (χ3n) is 2.35. The molecule has 0 fully saturated rings. The summed E-state index contributed by atoms with van der Waals surface area (Å²) in [5.41, 5.74) is -0.773. The number of alkyl halides is 4. The Labute approximate surface area is 113 Å². The quantitative estimate of drug-likeness (QED) is 0.799. The monoisotopic (exact) mass is 290 g/mol. The number of anilines is 1. The number of hydrogen-bond acceptors (Lipinski definition) is 2. The van der Waals surface area contributed by atoms with E-state index in [9.17, 15) is 18.0 Å². The lowest BCUT2D eigenvalue weighted by Gasteiger charge is -2.21. The van der Waals surface area contributed by atoms with Crippen LogP contribution in [0.3, 0.4) is 0 Å². The summed E-state index contributed by atoms with van der Waals surface area (Å²) in [6.45, 7) is 0.00334. The molecular weight excluding hydrogens is 281 g/mol. The summed E-state index contributed by atoms with van der Waals surface area (Å²) >= 11 is 5.41. The number of nitrogens with zero attached hydrogens (tertiary/aromatic N) is 2. The molecular formula is C12H10ClF3N2O. The highest BCUT2D eigenvalue weighted by molar-refractivity contribution is 6.29. The first-order valence-corrected chi connectivity index (χ1v) is 5.84. The summed E-state index contributed by atoms with van der Waals surface area (Å²) in [6, 6.07) is 6.19. The SMILES string of the molecule is N#CCCN(C(=O)CCl)c1cccc(C(F)(F)F)c1. The fraction of sp³-hybridized carbons (Fsp3) is 0.333. The van der Waals surface area contributed by atoms with Crippen molar-refractivity contribution in [3.8, 4) is 6.07 Å². The van der Waals surface area contributed by atoms with Crippen LogP contribution in [0, 0.1) is 11.3 Å². The Morgan fingerprint density at radius 3 is 2.63 bits per heavy atom. The summed E-state index contributed by atoms with van der Waals surface area (Å²) in [4.78, 5) is 12.7. The predicted molar refractivity (Wildman–Crippen MR) is 64.7 cm³/mol. The summed E-state index contributed by atoms with van der Waals surface area (Å²) in [5, 5.41) is 8.50. The van der Waals surface area contributed by atoms with E-state index in [2.05, 4.69) is 0 Å². The number of benzene rings is 1. The van der Waals surface area contributed by atoms with Gasteiger partial charge in [0.15, 0.2) is 0 Å². The van der Waals surface area contributed by atoms with Crippen LogP contribution in [0.25, 0.3) is 0 Å². The first-order valence-electron chi connectivity index (χ1n) is 5.30. The summed E-state index contributed by atoms with van der Waals surface area (Å²) in [6.07, 6.45) is -4.47. The zero-order valence-corrected chi connectivity index (χ0v) is 10.5. The van der Waals surface area contributed by atoms with Gasteiger partial charge in [-0.1, -0.05) is 6.07 Å². The van der Waals surface area contributed by atoms with E-state index in [-0.39, 0.29) is 24.5 Å². The Balaban J connectivity index is 3.09. The minimum Gasteiger partial charge on any atom is -0.310 e. The molecule has 0 saturated heterocycles. The van der Waals surface area contributed by atoms with Crippen LogP contribution in [0.2, 0.25) is 0 Å². The molecule has 19 heavy (non-hydrogen) atoms. The van der Waals surface area contributed by atoms with Crippen LogP contribution in [0.5, 0.6) is 0 Å². The van der Waals surface area contributed by atoms with Gasteiger partial charge in [0.1, 0.15) is 5.88 Å². The van der Waals surface area contributed by atoms with Gasteiger partial charge in [0, 0.05) is 12.2 Å². The van der Waals surface area contributed by atoms with Gasteiger partial charge in [0.05, 0.1) is 18.1 Å². The van der Waals surface area contributed by atoms with Crippen molar-refractivity contribution in [3.63, 3.8) is 0 Å². The highest BCUT2D eigenvalue weighted by Crippen LogP contribution is 2.31. The smallest absolute Gasteiger partial charge is 0.310 e. The van der Waals surface area contributed by atoms with E-state index in [1.54, 1.807) is 0 Å². The molecule has 1 aromatic rings. The molecule has 0 unspecified atom stereocenters. The number of amides is 1. The number of nitriles is 1. The molecule has 1 amide bonds. The van der Waals surface area contributed by atoms with Crippen LogP contribution in [0.1, 0.15) is 12.0 Å². The molecule has 0 saturated carbocycles. The molecule has 0 aliphatic rings. The second kappa shape index (κ2) is 6.43. The molecule has 0 bridgehead atoms. The van der Waals surface area contributed by atoms with Crippen LogP contribution in [0.15, 0.2) is 24.3 Å². The summed E-state index contributed by atoms with van der Waals surface area (Å²) in [5.74, 6) is -0.905. The zero-order valence-electron chi connectivity index (χ0n) is 9.75. The average molecular weight is 291 g/mol. The van der Waals surface area contributed by atoms with Gasteiger partial charge in [-0.25, -0.2) is 0 Å². The van der Waals surface area contributed by atoms with Crippen molar-refractivity contribution in [1.29, 1.82) is 5.26 Å². The highest BCUT2D eigenvalue weighted by Gasteiger charge is 2.31. The first-order chi connectivity index (χ1) is 8.90. The second-order valence-electron chi connectivity index (χ2n) is 3.64. The largest absolute Gasteiger partial charge is 0.416 e. The molecule has 0 spiro atoms. The molecule has 7 heteroatoms. The number of rotatable bonds is 4. The van der Waals surface area contributed by atoms with E-state index in [4.69, 9.17) is 16.9 Å². The van der Waals surface area contributed by atoms with Gasteiger partial charge in [-0.2, -0.15) is 18.4 Å². The van der Waals surface area contributed by atoms with E-state index in [1.807, 2.05) is 6.07 Å². The van der Waals surface area contributed by atoms with Gasteiger partial charge in [-0.05, 0) is 18.2 Å². The minimum atomic E-state index is -4.49. The third-order valence-corrected chi connectivity index (χ3v) is 2.58. The van der Waals surface area contributed by atoms with Crippen molar-refractivity contribution in [1.82, 2.24) is 0 Å². The maximum atomic E-state index is 12.6. The van der Waals surface area contributed by atoms with Crippen molar-refractivity contribution < 1.29 is 18.0 Å². The topological polar surface area (TPSA) is 44.1 Å². The van der Waals surface area contributed by atoms with Gasteiger partial charge >= 0.3 is 6.18 Å². The Bertz CT molecular complexity index is 496. The fourth-order valence-electron chi connectivity index (χ4n) is 1.48. The Morgan fingerprint density at radius 1 is 1.42 bits per heavy atom. The number of hydrogen-bond donors (Lipinski definition) is 0. The molecule has 102 valence electrons. The van der Waals surface area contributed by atoms with Crippen LogP contribution < -0.4 is 4.90 Å². The molecule has 0 radical (unpaired) electrons. The lowest BCUT2D eigenvalue weighted by Crippen LogP contribution is -2.32. The standard InChI is InChI=1S/C12H10ClF3N2O/c13-8-11(19)18(6-2-5-17)10-4-1-3-9(7-10)12(14,15)16/h1,3-4,7H,2,6,8H2. The molecule has 0 aromatic heterocycles. The first kappa shape index (κ1) is 15.3. The van der Waals surface area contributed by atoms with E-state index >= 15 is 0 Å². The molecule has 0 N–H and O–H groups in total. The molecule has 0 heterocycles. The minimum absolute atomic E-state index is 0.00334. The second-order valence-corrected chi connectivity index (χ2v) is 3.90. The van der Waals surface area contributed by atoms with E-state index in [0.717, 1.165) is 17.0 Å². The van der Waals surface area contributed by atoms with Crippen molar-refractivity contribution in [2.75, 3.05) is 17.3 Å². The van der Waals surface area contributed by atoms with Crippen molar-refractivity contribution in [2.24, 2.45) is 0 Å². The Hall–Kier alpha value is -1.74. The van der Waals surface area contributed by atoms with Gasteiger partial charge in [0.2, 0.25) is 5.91 Å². The highest BCUT2D eigenvalue weighted by atomic mass is 35.5. The van der Waals surface area contributed by atoms with Gasteiger partial charge < -0.3 is 4.90 Å². The van der Waals surface area contributed by atoms with Crippen LogP contribution in [0.4, 0.5) is 18.9 Å². The normalized spacial score (nSPS) is 10.9. The Morgan fingerprint density at radius 2 is 2.11 bits per heavy atom. The van der Waals surface area contributed by atoms with E-state index < -0.39 is 17.6 Å². The van der Waals surface area contributed by atoms with Crippen LogP contribution >= 0.6 is 11.6 Å². The fourth-order valence-corrected chi connectivity index (χ4v) is 1.63. The Kier molecular flexibility index (Phi) is 5.19. The van der Waals surface area contributed by atoms with E-state index in [0.29, 0.717) is 0 Å². The summed E-state index contributed by atoms with van der Waals surface area (Å²) < 4.78 is 37.8. The van der Waals surface area contributed by atoms with Gasteiger partial charge in [-0.3, -0.25) is 4.79 Å². The van der Waals surface area contributed by atoms with Crippen LogP contribution in [-0.2, 0) is 11.0 Å². The lowest BCUT2D eigenvalue weighted by atomic mass is 10.1. The van der Waals surface area contributed by atoms with Gasteiger partial charge in [-0.15, -0.1) is 11.6 Å². The van der Waals surface area contributed by atoms with Crippen LogP contribution in [-0.4, -0.2) is 18.3 Å². The molecule has 1 rings (SSSR count). The number of carbonyl (C=O) groups is 1. The van der Waals surface area contributed by atoms with E-state index in [1.165, 1.54) is 12.1 Å². The zero-order chi connectivity index (χ0) is 14.5. The maximum Gasteiger partial charge on any atom is 0.416 e. The molecule has 3 nitrogen and oxygen atoms in total. The van der Waals surface area contributed by atoms with Crippen molar-refractivity contribution >= 4 is 23.2 Å². The molecule has 1 aromatic carbocycles. The number of halogens is 4.